The zero-order valence-corrected chi connectivity index (χ0v) is 14.0. The summed E-state index contributed by atoms with van der Waals surface area (Å²) in [7, 11) is 0. The molecule has 2 fully saturated rings. The highest BCUT2D eigenvalue weighted by Crippen LogP contribution is 2.57. The maximum absolute atomic E-state index is 13.9. The zero-order chi connectivity index (χ0) is 16.1. The monoisotopic (exact) mass is 324 g/mol. The summed E-state index contributed by atoms with van der Waals surface area (Å²) in [6.07, 6.45) is 1.68. The second kappa shape index (κ2) is 5.33. The molecule has 2 nitrogen and oxygen atoms in total. The van der Waals surface area contributed by atoms with E-state index in [0.717, 1.165) is 18.4 Å². The first-order valence-electron chi connectivity index (χ1n) is 7.74. The van der Waals surface area contributed by atoms with Crippen LogP contribution in [0, 0.1) is 11.7 Å². The number of ether oxygens (including phenoxy) is 2. The smallest absolute Gasteiger partial charge is 0.130 e. The van der Waals surface area contributed by atoms with Gasteiger partial charge in [-0.25, -0.2) is 4.39 Å². The molecule has 3 rings (SSSR count). The van der Waals surface area contributed by atoms with Crippen LogP contribution in [0.4, 0.5) is 4.39 Å². The van der Waals surface area contributed by atoms with Gasteiger partial charge in [0.2, 0.25) is 0 Å². The third kappa shape index (κ3) is 2.22. The summed E-state index contributed by atoms with van der Waals surface area (Å²) in [5, 5.41) is 0.387. The van der Waals surface area contributed by atoms with E-state index in [0.29, 0.717) is 16.5 Å². The minimum atomic E-state index is -0.376. The highest BCUT2D eigenvalue weighted by Gasteiger charge is 2.63. The zero-order valence-electron chi connectivity index (χ0n) is 13.3. The van der Waals surface area contributed by atoms with Gasteiger partial charge < -0.3 is 9.47 Å². The van der Waals surface area contributed by atoms with Crippen molar-refractivity contribution in [2.24, 2.45) is 5.92 Å². The van der Waals surface area contributed by atoms with Crippen molar-refractivity contribution >= 4 is 11.6 Å². The normalized spacial score (nSPS) is 33.9. The Morgan fingerprint density at radius 3 is 2.77 bits per heavy atom. The summed E-state index contributed by atoms with van der Waals surface area (Å²) in [6, 6.07) is 4.66. The lowest BCUT2D eigenvalue weighted by molar-refractivity contribution is -0.0961. The predicted molar refractivity (Wildman–Crippen MR) is 85.4 cm³/mol. The maximum atomic E-state index is 13.9. The van der Waals surface area contributed by atoms with Crippen molar-refractivity contribution in [3.05, 3.63) is 46.8 Å². The van der Waals surface area contributed by atoms with Gasteiger partial charge in [-0.2, -0.15) is 0 Å². The summed E-state index contributed by atoms with van der Waals surface area (Å²) in [6.45, 7) is 10.7. The number of halogens is 2. The molecular weight excluding hydrogens is 303 g/mol. The molecule has 0 radical (unpaired) electrons. The fraction of sp³-hybridized carbons (Fsp3) is 0.556. The van der Waals surface area contributed by atoms with E-state index < -0.39 is 0 Å². The van der Waals surface area contributed by atoms with Gasteiger partial charge in [-0.1, -0.05) is 38.1 Å². The molecule has 0 amide bonds. The van der Waals surface area contributed by atoms with Crippen molar-refractivity contribution in [1.29, 1.82) is 0 Å². The molecule has 0 aliphatic carbocycles. The third-order valence-electron chi connectivity index (χ3n) is 5.21. The van der Waals surface area contributed by atoms with Crippen LogP contribution in [0.25, 0.3) is 0 Å². The summed E-state index contributed by atoms with van der Waals surface area (Å²) in [5.74, 6) is -0.00149. The fourth-order valence-electron chi connectivity index (χ4n) is 3.84. The molecule has 1 aromatic carbocycles. The van der Waals surface area contributed by atoms with Crippen LogP contribution in [0.15, 0.2) is 30.4 Å². The topological polar surface area (TPSA) is 18.5 Å². The van der Waals surface area contributed by atoms with Crippen LogP contribution >= 0.6 is 11.6 Å². The van der Waals surface area contributed by atoms with E-state index in [-0.39, 0.29) is 29.7 Å². The second-order valence-corrected chi connectivity index (χ2v) is 7.28. The van der Waals surface area contributed by atoms with E-state index >= 15 is 0 Å². The largest absolute Gasteiger partial charge is 0.366 e. The molecule has 0 unspecified atom stereocenters. The first-order chi connectivity index (χ1) is 10.3. The second-order valence-electron chi connectivity index (χ2n) is 6.88. The Morgan fingerprint density at radius 2 is 2.18 bits per heavy atom. The molecule has 1 aromatic rings. The molecule has 0 saturated carbocycles. The van der Waals surface area contributed by atoms with E-state index in [1.807, 2.05) is 0 Å². The third-order valence-corrected chi connectivity index (χ3v) is 5.57. The van der Waals surface area contributed by atoms with Crippen molar-refractivity contribution in [1.82, 2.24) is 0 Å². The van der Waals surface area contributed by atoms with Crippen LogP contribution in [-0.2, 0) is 16.1 Å². The van der Waals surface area contributed by atoms with Crippen molar-refractivity contribution in [3.8, 4) is 0 Å². The first-order valence-corrected chi connectivity index (χ1v) is 8.12. The molecule has 2 aliphatic heterocycles. The highest BCUT2D eigenvalue weighted by molar-refractivity contribution is 6.31. The first kappa shape index (κ1) is 16.0. The van der Waals surface area contributed by atoms with Crippen molar-refractivity contribution in [3.63, 3.8) is 0 Å². The van der Waals surface area contributed by atoms with Crippen LogP contribution in [0.3, 0.4) is 0 Å². The van der Waals surface area contributed by atoms with Gasteiger partial charge in [0.25, 0.3) is 0 Å². The molecular formula is C18H22ClFO2. The SMILES string of the molecule is C=C1[C@@H](OCc2c(F)cccc2Cl)[C@]2(C)CC[C@@]1(C(C)C)O2. The average Bonchev–Trinajstić information content (AvgIpc) is 2.90. The lowest BCUT2D eigenvalue weighted by Gasteiger charge is -2.34. The molecule has 120 valence electrons. The van der Waals surface area contributed by atoms with Gasteiger partial charge >= 0.3 is 0 Å². The van der Waals surface area contributed by atoms with E-state index in [1.165, 1.54) is 6.07 Å². The van der Waals surface area contributed by atoms with Crippen molar-refractivity contribution in [2.45, 2.75) is 57.5 Å². The van der Waals surface area contributed by atoms with Crippen LogP contribution in [-0.4, -0.2) is 17.3 Å². The van der Waals surface area contributed by atoms with Crippen LogP contribution in [0.2, 0.25) is 5.02 Å². The van der Waals surface area contributed by atoms with Gasteiger partial charge in [0.15, 0.2) is 0 Å². The number of hydrogen-bond acceptors (Lipinski definition) is 2. The Balaban J connectivity index is 1.81. The van der Waals surface area contributed by atoms with Gasteiger partial charge in [0.1, 0.15) is 11.9 Å². The Morgan fingerprint density at radius 1 is 1.45 bits per heavy atom. The number of hydrogen-bond donors (Lipinski definition) is 0. The minimum absolute atomic E-state index is 0.127. The standard InChI is InChI=1S/C18H22ClFO2/c1-11(2)18-9-8-17(4,22-18)16(12(18)3)21-10-13-14(19)6-5-7-15(13)20/h5-7,11,16H,3,8-10H2,1-2,4H3/t16-,17+,18+/m1/s1. The molecule has 2 aliphatic rings. The van der Waals surface area contributed by atoms with E-state index in [4.69, 9.17) is 21.1 Å². The molecule has 22 heavy (non-hydrogen) atoms. The fourth-order valence-corrected chi connectivity index (χ4v) is 4.06. The lowest BCUT2D eigenvalue weighted by atomic mass is 9.72. The van der Waals surface area contributed by atoms with E-state index in [9.17, 15) is 4.39 Å². The number of benzene rings is 1. The number of rotatable bonds is 4. The molecule has 2 saturated heterocycles. The van der Waals surface area contributed by atoms with Gasteiger partial charge in [0, 0.05) is 10.6 Å². The van der Waals surface area contributed by atoms with E-state index in [1.54, 1.807) is 12.1 Å². The molecule has 3 atom stereocenters. The highest BCUT2D eigenvalue weighted by atomic mass is 35.5. The summed E-state index contributed by atoms with van der Waals surface area (Å²) >= 11 is 6.07. The van der Waals surface area contributed by atoms with Crippen LogP contribution in [0.5, 0.6) is 0 Å². The van der Waals surface area contributed by atoms with Crippen molar-refractivity contribution < 1.29 is 13.9 Å². The van der Waals surface area contributed by atoms with Crippen LogP contribution < -0.4 is 0 Å². The van der Waals surface area contributed by atoms with Gasteiger partial charge in [0.05, 0.1) is 17.8 Å². The van der Waals surface area contributed by atoms with Crippen molar-refractivity contribution in [2.75, 3.05) is 0 Å². The molecule has 2 bridgehead atoms. The lowest BCUT2D eigenvalue weighted by Crippen LogP contribution is -2.40. The summed E-state index contributed by atoms with van der Waals surface area (Å²) in [4.78, 5) is 0. The summed E-state index contributed by atoms with van der Waals surface area (Å²) < 4.78 is 26.2. The van der Waals surface area contributed by atoms with Gasteiger partial charge in [-0.3, -0.25) is 0 Å². The van der Waals surface area contributed by atoms with Gasteiger partial charge in [-0.15, -0.1) is 0 Å². The molecule has 0 N–H and O–H groups in total. The summed E-state index contributed by atoms with van der Waals surface area (Å²) in [5.41, 5.74) is 0.683. The van der Waals surface area contributed by atoms with E-state index in [2.05, 4.69) is 27.4 Å². The Hall–Kier alpha value is -0.900. The quantitative estimate of drug-likeness (QED) is 0.733. The predicted octanol–water partition coefficient (Wildman–Crippen LogP) is 4.90. The maximum Gasteiger partial charge on any atom is 0.130 e. The number of fused-ring (bicyclic) bond motifs is 2. The molecule has 4 heteroatoms. The van der Waals surface area contributed by atoms with Crippen LogP contribution in [0.1, 0.15) is 39.2 Å². The minimum Gasteiger partial charge on any atom is -0.366 e. The average molecular weight is 325 g/mol. The Labute approximate surface area is 136 Å². The van der Waals surface area contributed by atoms with Gasteiger partial charge in [-0.05, 0) is 43.4 Å². The Bertz CT molecular complexity index is 595. The Kier molecular flexibility index (Phi) is 3.87. The molecule has 0 spiro atoms. The molecule has 0 aromatic heterocycles. The molecule has 2 heterocycles.